The van der Waals surface area contributed by atoms with Crippen LogP contribution >= 0.6 is 0 Å². The standard InChI is InChI=1S/C14H19NO/c16-14-7-2-5-12-11(4-1-6-13(12)14)10-15-8-3-9-15/h2,5,7,11,16H,1,3-4,6,8-10H2. The summed E-state index contributed by atoms with van der Waals surface area (Å²) in [4.78, 5) is 2.53. The third-order valence-corrected chi connectivity index (χ3v) is 4.03. The van der Waals surface area contributed by atoms with Crippen molar-refractivity contribution < 1.29 is 5.11 Å². The molecule has 1 unspecified atom stereocenters. The minimum Gasteiger partial charge on any atom is -0.508 e. The smallest absolute Gasteiger partial charge is 0.119 e. The molecule has 1 aromatic rings. The summed E-state index contributed by atoms with van der Waals surface area (Å²) in [6.07, 6.45) is 4.92. The Hall–Kier alpha value is -1.02. The fraction of sp³-hybridized carbons (Fsp3) is 0.571. The van der Waals surface area contributed by atoms with Gasteiger partial charge in [0.1, 0.15) is 5.75 Å². The fourth-order valence-corrected chi connectivity index (χ4v) is 2.99. The van der Waals surface area contributed by atoms with Crippen LogP contribution in [0.1, 0.15) is 36.3 Å². The molecule has 1 fully saturated rings. The Morgan fingerprint density at radius 1 is 1.25 bits per heavy atom. The lowest BCUT2D eigenvalue weighted by atomic mass is 9.81. The van der Waals surface area contributed by atoms with Crippen LogP contribution in [0, 0.1) is 0 Å². The van der Waals surface area contributed by atoms with Crippen LogP contribution < -0.4 is 0 Å². The first-order chi connectivity index (χ1) is 7.84. The summed E-state index contributed by atoms with van der Waals surface area (Å²) >= 11 is 0. The first kappa shape index (κ1) is 10.2. The summed E-state index contributed by atoms with van der Waals surface area (Å²) < 4.78 is 0. The highest BCUT2D eigenvalue weighted by Crippen LogP contribution is 2.36. The quantitative estimate of drug-likeness (QED) is 0.822. The largest absolute Gasteiger partial charge is 0.508 e. The second-order valence-corrected chi connectivity index (χ2v) is 5.09. The average molecular weight is 217 g/mol. The maximum atomic E-state index is 9.87. The van der Waals surface area contributed by atoms with Crippen LogP contribution in [0.15, 0.2) is 18.2 Å². The van der Waals surface area contributed by atoms with Crippen molar-refractivity contribution in [3.05, 3.63) is 29.3 Å². The lowest BCUT2D eigenvalue weighted by Crippen LogP contribution is -2.40. The van der Waals surface area contributed by atoms with Crippen molar-refractivity contribution in [1.29, 1.82) is 0 Å². The van der Waals surface area contributed by atoms with Gasteiger partial charge in [0.05, 0.1) is 0 Å². The summed E-state index contributed by atoms with van der Waals surface area (Å²) in [5.41, 5.74) is 2.61. The predicted molar refractivity (Wildman–Crippen MR) is 64.8 cm³/mol. The second kappa shape index (κ2) is 4.10. The number of benzene rings is 1. The molecular formula is C14H19NO. The Bertz CT molecular complexity index is 384. The molecule has 0 spiro atoms. The van der Waals surface area contributed by atoms with Gasteiger partial charge in [-0.05, 0) is 61.9 Å². The lowest BCUT2D eigenvalue weighted by molar-refractivity contribution is 0.165. The molecule has 1 heterocycles. The molecule has 1 N–H and O–H groups in total. The molecule has 1 aliphatic heterocycles. The Labute approximate surface area is 96.9 Å². The number of fused-ring (bicyclic) bond motifs is 1. The van der Waals surface area contributed by atoms with Crippen LogP contribution in [0.25, 0.3) is 0 Å². The summed E-state index contributed by atoms with van der Waals surface area (Å²) in [5, 5.41) is 9.87. The normalized spacial score (nSPS) is 24.9. The molecule has 0 bridgehead atoms. The molecule has 3 rings (SSSR count). The topological polar surface area (TPSA) is 23.5 Å². The highest BCUT2D eigenvalue weighted by molar-refractivity contribution is 5.42. The highest BCUT2D eigenvalue weighted by atomic mass is 16.3. The molecule has 2 heteroatoms. The van der Waals surface area contributed by atoms with Gasteiger partial charge in [-0.3, -0.25) is 0 Å². The van der Waals surface area contributed by atoms with E-state index >= 15 is 0 Å². The van der Waals surface area contributed by atoms with Gasteiger partial charge >= 0.3 is 0 Å². The van der Waals surface area contributed by atoms with Crippen LogP contribution in [-0.2, 0) is 6.42 Å². The first-order valence-electron chi connectivity index (χ1n) is 6.38. The van der Waals surface area contributed by atoms with E-state index in [2.05, 4.69) is 11.0 Å². The third-order valence-electron chi connectivity index (χ3n) is 4.03. The Morgan fingerprint density at radius 3 is 2.88 bits per heavy atom. The van der Waals surface area contributed by atoms with Crippen molar-refractivity contribution in [3.63, 3.8) is 0 Å². The lowest BCUT2D eigenvalue weighted by Gasteiger charge is -2.36. The average Bonchev–Trinajstić information content (AvgIpc) is 2.24. The number of phenolic OH excluding ortho intramolecular Hbond substituents is 1. The SMILES string of the molecule is Oc1cccc2c1CCCC2CN1CCC1. The molecule has 0 aromatic heterocycles. The zero-order chi connectivity index (χ0) is 11.0. The second-order valence-electron chi connectivity index (χ2n) is 5.09. The molecule has 0 radical (unpaired) electrons. The van der Waals surface area contributed by atoms with E-state index in [-0.39, 0.29) is 0 Å². The van der Waals surface area contributed by atoms with Crippen molar-refractivity contribution in [2.45, 2.75) is 31.6 Å². The van der Waals surface area contributed by atoms with Gasteiger partial charge in [-0.1, -0.05) is 12.1 Å². The van der Waals surface area contributed by atoms with Gasteiger partial charge in [0.25, 0.3) is 0 Å². The van der Waals surface area contributed by atoms with E-state index in [1.165, 1.54) is 50.0 Å². The minimum absolute atomic E-state index is 0.505. The molecule has 1 aromatic carbocycles. The molecule has 1 saturated heterocycles. The van der Waals surface area contributed by atoms with Crippen LogP contribution in [0.3, 0.4) is 0 Å². The Morgan fingerprint density at radius 2 is 2.12 bits per heavy atom. The van der Waals surface area contributed by atoms with Gasteiger partial charge in [0.2, 0.25) is 0 Å². The van der Waals surface area contributed by atoms with E-state index in [4.69, 9.17) is 0 Å². The van der Waals surface area contributed by atoms with Gasteiger partial charge in [0, 0.05) is 6.54 Å². The number of hydrogen-bond acceptors (Lipinski definition) is 2. The van der Waals surface area contributed by atoms with Gasteiger partial charge in [-0.15, -0.1) is 0 Å². The zero-order valence-electron chi connectivity index (χ0n) is 9.65. The number of hydrogen-bond donors (Lipinski definition) is 1. The van der Waals surface area contributed by atoms with Gasteiger partial charge in [0.15, 0.2) is 0 Å². The molecule has 86 valence electrons. The van der Waals surface area contributed by atoms with E-state index in [1.54, 1.807) is 0 Å². The van der Waals surface area contributed by atoms with Crippen molar-refractivity contribution in [3.8, 4) is 5.75 Å². The molecule has 2 aliphatic rings. The monoisotopic (exact) mass is 217 g/mol. The van der Waals surface area contributed by atoms with Gasteiger partial charge < -0.3 is 10.0 Å². The van der Waals surface area contributed by atoms with E-state index in [9.17, 15) is 5.11 Å². The Kier molecular flexibility index (Phi) is 2.60. The van der Waals surface area contributed by atoms with E-state index in [0.29, 0.717) is 11.7 Å². The summed E-state index contributed by atoms with van der Waals surface area (Å²) in [6, 6.07) is 6.02. The minimum atomic E-state index is 0.505. The number of likely N-dealkylation sites (tertiary alicyclic amines) is 1. The van der Waals surface area contributed by atoms with Gasteiger partial charge in [-0.2, -0.15) is 0 Å². The molecule has 16 heavy (non-hydrogen) atoms. The number of nitrogens with zero attached hydrogens (tertiary/aromatic N) is 1. The number of rotatable bonds is 2. The molecule has 0 saturated carbocycles. The first-order valence-corrected chi connectivity index (χ1v) is 6.38. The number of phenols is 1. The number of aromatic hydroxyl groups is 1. The third kappa shape index (κ3) is 1.71. The predicted octanol–water partition coefficient (Wildman–Crippen LogP) is 2.52. The summed E-state index contributed by atoms with van der Waals surface area (Å²) in [5.74, 6) is 1.15. The maximum absolute atomic E-state index is 9.87. The maximum Gasteiger partial charge on any atom is 0.119 e. The Balaban J connectivity index is 1.84. The summed E-state index contributed by atoms with van der Waals surface area (Å²) in [7, 11) is 0. The molecule has 2 nitrogen and oxygen atoms in total. The van der Waals surface area contributed by atoms with Crippen LogP contribution in [0.2, 0.25) is 0 Å². The van der Waals surface area contributed by atoms with Gasteiger partial charge in [-0.25, -0.2) is 0 Å². The van der Waals surface area contributed by atoms with E-state index in [0.717, 1.165) is 6.42 Å². The van der Waals surface area contributed by atoms with Crippen LogP contribution in [0.5, 0.6) is 5.75 Å². The van der Waals surface area contributed by atoms with Crippen LogP contribution in [-0.4, -0.2) is 29.6 Å². The highest BCUT2D eigenvalue weighted by Gasteiger charge is 2.25. The van der Waals surface area contributed by atoms with E-state index < -0.39 is 0 Å². The van der Waals surface area contributed by atoms with E-state index in [1.807, 2.05) is 12.1 Å². The van der Waals surface area contributed by atoms with Crippen molar-refractivity contribution in [1.82, 2.24) is 4.90 Å². The van der Waals surface area contributed by atoms with Crippen molar-refractivity contribution in [2.24, 2.45) is 0 Å². The van der Waals surface area contributed by atoms with Crippen molar-refractivity contribution >= 4 is 0 Å². The zero-order valence-corrected chi connectivity index (χ0v) is 9.65. The molecule has 0 amide bonds. The fourth-order valence-electron chi connectivity index (χ4n) is 2.99. The molecule has 1 atom stereocenters. The summed E-state index contributed by atoms with van der Waals surface area (Å²) in [6.45, 7) is 3.73. The van der Waals surface area contributed by atoms with Crippen molar-refractivity contribution in [2.75, 3.05) is 19.6 Å². The molecule has 1 aliphatic carbocycles. The molecular weight excluding hydrogens is 198 g/mol. The van der Waals surface area contributed by atoms with Crippen LogP contribution in [0.4, 0.5) is 0 Å².